The molecule has 1 fully saturated rings. The molecule has 8 nitrogen and oxygen atoms in total. The van der Waals surface area contributed by atoms with Gasteiger partial charge in [-0.05, 0) is 37.7 Å². The van der Waals surface area contributed by atoms with Gasteiger partial charge in [-0.1, -0.05) is 30.3 Å². The number of carbonyl (C=O) groups excluding carboxylic acids is 3. The standard InChI is InChI=1S/C20H30N4O4/c21-17(19(26)24-12-6-7-13-24)10-4-5-11-22-18(25)14-23-20(27)28-15-16-8-2-1-3-9-16/h1-3,8-9,17H,4-7,10-15,21H2,(H,22,25)(H,23,27)/t17-/m0/s1. The Hall–Kier alpha value is -2.61. The molecule has 0 aliphatic carbocycles. The van der Waals surface area contributed by atoms with Gasteiger partial charge in [0.2, 0.25) is 11.8 Å². The first kappa shape index (κ1) is 21.7. The zero-order chi connectivity index (χ0) is 20.2. The van der Waals surface area contributed by atoms with E-state index in [0.717, 1.165) is 44.3 Å². The van der Waals surface area contributed by atoms with Crippen molar-refractivity contribution in [3.8, 4) is 0 Å². The average molecular weight is 390 g/mol. The number of hydrogen-bond donors (Lipinski definition) is 3. The Morgan fingerprint density at radius 3 is 2.50 bits per heavy atom. The van der Waals surface area contributed by atoms with Gasteiger partial charge in [0.25, 0.3) is 0 Å². The van der Waals surface area contributed by atoms with Crippen LogP contribution >= 0.6 is 0 Å². The number of nitrogens with two attached hydrogens (primary N) is 1. The van der Waals surface area contributed by atoms with Crippen LogP contribution in [0.15, 0.2) is 30.3 Å². The van der Waals surface area contributed by atoms with Gasteiger partial charge in [-0.15, -0.1) is 0 Å². The summed E-state index contributed by atoms with van der Waals surface area (Å²) in [6, 6.07) is 8.84. The highest BCUT2D eigenvalue weighted by Crippen LogP contribution is 2.10. The molecule has 8 heteroatoms. The molecule has 1 heterocycles. The van der Waals surface area contributed by atoms with Crippen LogP contribution in [-0.4, -0.2) is 55.0 Å². The monoisotopic (exact) mass is 390 g/mol. The Labute approximate surface area is 165 Å². The number of benzene rings is 1. The van der Waals surface area contributed by atoms with Gasteiger partial charge >= 0.3 is 6.09 Å². The maximum Gasteiger partial charge on any atom is 0.407 e. The Morgan fingerprint density at radius 1 is 1.07 bits per heavy atom. The van der Waals surface area contributed by atoms with Gasteiger partial charge in [0, 0.05) is 19.6 Å². The van der Waals surface area contributed by atoms with Crippen LogP contribution in [0.3, 0.4) is 0 Å². The quantitative estimate of drug-likeness (QED) is 0.519. The number of hydrogen-bond acceptors (Lipinski definition) is 5. The summed E-state index contributed by atoms with van der Waals surface area (Å²) in [5.74, 6) is -0.256. The predicted molar refractivity (Wildman–Crippen MR) is 105 cm³/mol. The largest absolute Gasteiger partial charge is 0.445 e. The minimum Gasteiger partial charge on any atom is -0.445 e. The topological polar surface area (TPSA) is 114 Å². The SMILES string of the molecule is N[C@@H](CCCCNC(=O)CNC(=O)OCc1ccccc1)C(=O)N1CCCC1. The van der Waals surface area contributed by atoms with Gasteiger partial charge in [0.1, 0.15) is 6.61 Å². The Balaban J connectivity index is 1.48. The molecule has 1 saturated heterocycles. The first-order chi connectivity index (χ1) is 13.6. The third-order valence-corrected chi connectivity index (χ3v) is 4.61. The zero-order valence-corrected chi connectivity index (χ0v) is 16.2. The summed E-state index contributed by atoms with van der Waals surface area (Å²) in [7, 11) is 0. The van der Waals surface area contributed by atoms with Gasteiger partial charge in [-0.2, -0.15) is 0 Å². The van der Waals surface area contributed by atoms with Crippen molar-refractivity contribution in [2.45, 2.75) is 44.8 Å². The van der Waals surface area contributed by atoms with Crippen LogP contribution in [0.25, 0.3) is 0 Å². The van der Waals surface area contributed by atoms with E-state index in [1.165, 1.54) is 0 Å². The van der Waals surface area contributed by atoms with Crippen molar-refractivity contribution in [2.75, 3.05) is 26.2 Å². The number of likely N-dealkylation sites (tertiary alicyclic amines) is 1. The summed E-state index contributed by atoms with van der Waals surface area (Å²) in [6.45, 7) is 2.11. The fourth-order valence-electron chi connectivity index (χ4n) is 3.00. The molecule has 0 saturated carbocycles. The molecule has 1 atom stereocenters. The molecule has 0 radical (unpaired) electrons. The molecule has 0 unspecified atom stereocenters. The van der Waals surface area contributed by atoms with Crippen molar-refractivity contribution in [3.63, 3.8) is 0 Å². The predicted octanol–water partition coefficient (Wildman–Crippen LogP) is 1.15. The fraction of sp³-hybridized carbons (Fsp3) is 0.550. The summed E-state index contributed by atoms with van der Waals surface area (Å²) < 4.78 is 5.03. The number of nitrogens with zero attached hydrogens (tertiary/aromatic N) is 1. The van der Waals surface area contributed by atoms with E-state index in [4.69, 9.17) is 10.5 Å². The molecule has 1 aromatic rings. The third kappa shape index (κ3) is 7.96. The summed E-state index contributed by atoms with van der Waals surface area (Å²) in [5, 5.41) is 5.14. The lowest BCUT2D eigenvalue weighted by Gasteiger charge is -2.20. The molecule has 0 aromatic heterocycles. The van der Waals surface area contributed by atoms with E-state index in [9.17, 15) is 14.4 Å². The second-order valence-corrected chi connectivity index (χ2v) is 6.90. The first-order valence-electron chi connectivity index (χ1n) is 9.82. The van der Waals surface area contributed by atoms with E-state index in [0.29, 0.717) is 13.0 Å². The minimum absolute atomic E-state index is 0.0275. The van der Waals surface area contributed by atoms with Crippen LogP contribution in [0.2, 0.25) is 0 Å². The van der Waals surface area contributed by atoms with Crippen molar-refractivity contribution in [1.29, 1.82) is 0 Å². The Morgan fingerprint density at radius 2 is 1.79 bits per heavy atom. The smallest absolute Gasteiger partial charge is 0.407 e. The number of ether oxygens (including phenoxy) is 1. The highest BCUT2D eigenvalue weighted by atomic mass is 16.5. The molecule has 28 heavy (non-hydrogen) atoms. The molecule has 154 valence electrons. The van der Waals surface area contributed by atoms with Crippen LogP contribution in [0.1, 0.15) is 37.7 Å². The number of rotatable bonds is 10. The molecule has 1 aromatic carbocycles. The maximum atomic E-state index is 12.1. The second kappa shape index (κ2) is 12.0. The lowest BCUT2D eigenvalue weighted by molar-refractivity contribution is -0.131. The van der Waals surface area contributed by atoms with E-state index < -0.39 is 12.1 Å². The van der Waals surface area contributed by atoms with Crippen molar-refractivity contribution >= 4 is 17.9 Å². The number of carbonyl (C=O) groups is 3. The molecule has 1 aliphatic heterocycles. The summed E-state index contributed by atoms with van der Waals surface area (Å²) in [4.78, 5) is 37.2. The average Bonchev–Trinajstić information content (AvgIpc) is 3.25. The summed E-state index contributed by atoms with van der Waals surface area (Å²) in [6.07, 6.45) is 3.57. The van der Waals surface area contributed by atoms with Crippen molar-refractivity contribution in [2.24, 2.45) is 5.73 Å². The van der Waals surface area contributed by atoms with E-state index in [2.05, 4.69) is 10.6 Å². The van der Waals surface area contributed by atoms with Gasteiger partial charge in [0.05, 0.1) is 12.6 Å². The minimum atomic E-state index is -0.634. The summed E-state index contributed by atoms with van der Waals surface area (Å²) in [5.41, 5.74) is 6.83. The molecule has 0 spiro atoms. The van der Waals surface area contributed by atoms with Gasteiger partial charge < -0.3 is 26.0 Å². The molecular weight excluding hydrogens is 360 g/mol. The Kier molecular flexibility index (Phi) is 9.27. The van der Waals surface area contributed by atoms with Crippen molar-refractivity contribution in [1.82, 2.24) is 15.5 Å². The van der Waals surface area contributed by atoms with Crippen LogP contribution in [0.4, 0.5) is 4.79 Å². The second-order valence-electron chi connectivity index (χ2n) is 6.90. The maximum absolute atomic E-state index is 12.1. The summed E-state index contributed by atoms with van der Waals surface area (Å²) >= 11 is 0. The molecule has 1 aliphatic rings. The Bertz CT molecular complexity index is 632. The van der Waals surface area contributed by atoms with Crippen molar-refractivity contribution < 1.29 is 19.1 Å². The zero-order valence-electron chi connectivity index (χ0n) is 16.2. The van der Waals surface area contributed by atoms with E-state index >= 15 is 0 Å². The lowest BCUT2D eigenvalue weighted by atomic mass is 10.1. The highest BCUT2D eigenvalue weighted by Gasteiger charge is 2.23. The van der Waals surface area contributed by atoms with E-state index in [-0.39, 0.29) is 25.0 Å². The molecule has 3 amide bonds. The first-order valence-corrected chi connectivity index (χ1v) is 9.82. The van der Waals surface area contributed by atoms with Crippen molar-refractivity contribution in [3.05, 3.63) is 35.9 Å². The third-order valence-electron chi connectivity index (χ3n) is 4.61. The van der Waals surface area contributed by atoms with E-state index in [1.807, 2.05) is 35.2 Å². The highest BCUT2D eigenvalue weighted by molar-refractivity contribution is 5.82. The fourth-order valence-corrected chi connectivity index (χ4v) is 3.00. The lowest BCUT2D eigenvalue weighted by Crippen LogP contribution is -2.42. The number of unbranched alkanes of at least 4 members (excludes halogenated alkanes) is 1. The number of amides is 3. The normalized spacial score (nSPS) is 14.4. The van der Waals surface area contributed by atoms with Crippen LogP contribution < -0.4 is 16.4 Å². The van der Waals surface area contributed by atoms with Gasteiger partial charge in [-0.25, -0.2) is 4.79 Å². The molecule has 2 rings (SSSR count). The van der Waals surface area contributed by atoms with E-state index in [1.54, 1.807) is 0 Å². The molecular formula is C20H30N4O4. The molecule has 0 bridgehead atoms. The van der Waals surface area contributed by atoms with Crippen LogP contribution in [-0.2, 0) is 20.9 Å². The molecule has 4 N–H and O–H groups in total. The van der Waals surface area contributed by atoms with Gasteiger partial charge in [0.15, 0.2) is 0 Å². The number of alkyl carbamates (subject to hydrolysis) is 1. The van der Waals surface area contributed by atoms with Crippen LogP contribution in [0.5, 0.6) is 0 Å². The van der Waals surface area contributed by atoms with Crippen LogP contribution in [0, 0.1) is 0 Å². The number of nitrogens with one attached hydrogen (secondary N) is 2. The van der Waals surface area contributed by atoms with Gasteiger partial charge in [-0.3, -0.25) is 9.59 Å².